The van der Waals surface area contributed by atoms with Crippen LogP contribution >= 0.6 is 0 Å². The van der Waals surface area contributed by atoms with Crippen molar-refractivity contribution in [2.45, 2.75) is 38.1 Å². The molecule has 2 nitrogen and oxygen atoms in total. The van der Waals surface area contributed by atoms with Crippen LogP contribution in [0.5, 0.6) is 0 Å². The maximum Gasteiger partial charge on any atom is 0.0360 e. The molecule has 0 bridgehead atoms. The normalized spacial score (nSPS) is 20.7. The SMILES string of the molecule is NCCC(c1ccccc1)N(CC1CC1)CC1CC1. The lowest BCUT2D eigenvalue weighted by molar-refractivity contribution is 0.173. The van der Waals surface area contributed by atoms with Crippen LogP contribution < -0.4 is 5.73 Å². The van der Waals surface area contributed by atoms with E-state index in [0.29, 0.717) is 6.04 Å². The lowest BCUT2D eigenvalue weighted by Crippen LogP contribution is -2.34. The Morgan fingerprint density at radius 2 is 1.58 bits per heavy atom. The monoisotopic (exact) mass is 258 g/mol. The molecule has 19 heavy (non-hydrogen) atoms. The van der Waals surface area contributed by atoms with Crippen LogP contribution in [0, 0.1) is 11.8 Å². The molecular formula is C17H26N2. The first-order valence-electron chi connectivity index (χ1n) is 7.86. The fourth-order valence-electron chi connectivity index (χ4n) is 2.99. The maximum absolute atomic E-state index is 5.87. The molecule has 2 aliphatic carbocycles. The summed E-state index contributed by atoms with van der Waals surface area (Å²) >= 11 is 0. The molecule has 0 spiro atoms. The zero-order valence-corrected chi connectivity index (χ0v) is 11.8. The van der Waals surface area contributed by atoms with E-state index in [1.807, 2.05) is 0 Å². The number of hydrogen-bond acceptors (Lipinski definition) is 2. The van der Waals surface area contributed by atoms with E-state index in [2.05, 4.69) is 35.2 Å². The Labute approximate surface area is 117 Å². The molecule has 2 heteroatoms. The Bertz CT molecular complexity index is 368. The maximum atomic E-state index is 5.87. The Hall–Kier alpha value is -0.860. The molecule has 2 aliphatic rings. The van der Waals surface area contributed by atoms with Gasteiger partial charge in [-0.2, -0.15) is 0 Å². The van der Waals surface area contributed by atoms with Gasteiger partial charge in [-0.1, -0.05) is 30.3 Å². The number of benzene rings is 1. The van der Waals surface area contributed by atoms with E-state index in [-0.39, 0.29) is 0 Å². The molecule has 0 heterocycles. The van der Waals surface area contributed by atoms with Crippen molar-refractivity contribution in [3.63, 3.8) is 0 Å². The van der Waals surface area contributed by atoms with Crippen LogP contribution in [-0.2, 0) is 0 Å². The third-order valence-corrected chi connectivity index (χ3v) is 4.44. The minimum absolute atomic E-state index is 0.535. The highest BCUT2D eigenvalue weighted by Crippen LogP contribution is 2.37. The summed E-state index contributed by atoms with van der Waals surface area (Å²) in [5.74, 6) is 1.92. The fourth-order valence-corrected chi connectivity index (χ4v) is 2.99. The fraction of sp³-hybridized carbons (Fsp3) is 0.647. The van der Waals surface area contributed by atoms with Crippen molar-refractivity contribution in [2.24, 2.45) is 17.6 Å². The lowest BCUT2D eigenvalue weighted by atomic mass is 10.0. The van der Waals surface area contributed by atoms with Gasteiger partial charge >= 0.3 is 0 Å². The minimum atomic E-state index is 0.535. The third kappa shape index (κ3) is 3.80. The summed E-state index contributed by atoms with van der Waals surface area (Å²) in [6.45, 7) is 3.36. The topological polar surface area (TPSA) is 29.3 Å². The highest BCUT2D eigenvalue weighted by molar-refractivity contribution is 5.19. The van der Waals surface area contributed by atoms with Crippen molar-refractivity contribution >= 4 is 0 Å². The molecule has 2 N–H and O–H groups in total. The summed E-state index contributed by atoms with van der Waals surface area (Å²) in [4.78, 5) is 2.73. The number of hydrogen-bond donors (Lipinski definition) is 1. The molecule has 1 aromatic rings. The molecule has 0 amide bonds. The van der Waals surface area contributed by atoms with Crippen LogP contribution in [0.4, 0.5) is 0 Å². The molecule has 0 radical (unpaired) electrons. The van der Waals surface area contributed by atoms with E-state index in [1.54, 1.807) is 0 Å². The van der Waals surface area contributed by atoms with Crippen LogP contribution in [0.1, 0.15) is 43.7 Å². The van der Waals surface area contributed by atoms with Crippen LogP contribution in [0.3, 0.4) is 0 Å². The lowest BCUT2D eigenvalue weighted by Gasteiger charge is -2.32. The summed E-state index contributed by atoms with van der Waals surface area (Å²) < 4.78 is 0. The first kappa shape index (κ1) is 13.1. The Morgan fingerprint density at radius 3 is 2.05 bits per heavy atom. The van der Waals surface area contributed by atoms with Gasteiger partial charge in [-0.25, -0.2) is 0 Å². The van der Waals surface area contributed by atoms with Crippen molar-refractivity contribution in [1.82, 2.24) is 4.90 Å². The second kappa shape index (κ2) is 6.06. The van der Waals surface area contributed by atoms with Gasteiger partial charge in [0.15, 0.2) is 0 Å². The Morgan fingerprint density at radius 1 is 1.00 bits per heavy atom. The molecule has 2 fully saturated rings. The molecule has 2 saturated carbocycles. The van der Waals surface area contributed by atoms with Gasteiger partial charge < -0.3 is 5.73 Å². The summed E-state index contributed by atoms with van der Waals surface area (Å²) in [6, 6.07) is 11.5. The Balaban J connectivity index is 1.73. The van der Waals surface area contributed by atoms with Crippen LogP contribution in [-0.4, -0.2) is 24.5 Å². The van der Waals surface area contributed by atoms with Gasteiger partial charge in [-0.15, -0.1) is 0 Å². The molecule has 1 atom stereocenters. The van der Waals surface area contributed by atoms with Crippen LogP contribution in [0.15, 0.2) is 30.3 Å². The van der Waals surface area contributed by atoms with E-state index < -0.39 is 0 Å². The molecular weight excluding hydrogens is 232 g/mol. The highest BCUT2D eigenvalue weighted by atomic mass is 15.2. The van der Waals surface area contributed by atoms with Gasteiger partial charge in [0, 0.05) is 19.1 Å². The quantitative estimate of drug-likeness (QED) is 0.776. The van der Waals surface area contributed by atoms with Gasteiger partial charge in [0.05, 0.1) is 0 Å². The molecule has 3 rings (SSSR count). The van der Waals surface area contributed by atoms with Crippen molar-refractivity contribution in [3.05, 3.63) is 35.9 Å². The smallest absolute Gasteiger partial charge is 0.0360 e. The van der Waals surface area contributed by atoms with Crippen molar-refractivity contribution in [3.8, 4) is 0 Å². The molecule has 0 aromatic heterocycles. The van der Waals surface area contributed by atoms with Crippen molar-refractivity contribution < 1.29 is 0 Å². The molecule has 104 valence electrons. The second-order valence-corrected chi connectivity index (χ2v) is 6.34. The van der Waals surface area contributed by atoms with Gasteiger partial charge in [-0.05, 0) is 56.0 Å². The zero-order chi connectivity index (χ0) is 13.1. The molecule has 0 saturated heterocycles. The molecule has 1 aromatic carbocycles. The predicted molar refractivity (Wildman–Crippen MR) is 79.9 cm³/mol. The van der Waals surface area contributed by atoms with E-state index in [1.165, 1.54) is 44.3 Å². The van der Waals surface area contributed by atoms with E-state index in [0.717, 1.165) is 24.8 Å². The molecule has 1 unspecified atom stereocenters. The summed E-state index contributed by atoms with van der Waals surface area (Å²) in [5, 5.41) is 0. The zero-order valence-electron chi connectivity index (χ0n) is 11.8. The third-order valence-electron chi connectivity index (χ3n) is 4.44. The van der Waals surface area contributed by atoms with Crippen molar-refractivity contribution in [1.29, 1.82) is 0 Å². The van der Waals surface area contributed by atoms with E-state index >= 15 is 0 Å². The van der Waals surface area contributed by atoms with Gasteiger partial charge in [0.25, 0.3) is 0 Å². The first-order chi connectivity index (χ1) is 9.36. The standard InChI is InChI=1S/C17H26N2/c18-11-10-17(16-4-2-1-3-5-16)19(12-14-6-7-14)13-15-8-9-15/h1-5,14-15,17H,6-13,18H2. The highest BCUT2D eigenvalue weighted by Gasteiger charge is 2.32. The van der Waals surface area contributed by atoms with Crippen LogP contribution in [0.2, 0.25) is 0 Å². The van der Waals surface area contributed by atoms with E-state index in [4.69, 9.17) is 5.73 Å². The van der Waals surface area contributed by atoms with E-state index in [9.17, 15) is 0 Å². The van der Waals surface area contributed by atoms with Gasteiger partial charge in [0.1, 0.15) is 0 Å². The average Bonchev–Trinajstić information content (AvgIpc) is 3.32. The minimum Gasteiger partial charge on any atom is -0.330 e. The summed E-state index contributed by atoms with van der Waals surface area (Å²) in [5.41, 5.74) is 7.32. The largest absolute Gasteiger partial charge is 0.330 e. The predicted octanol–water partition coefficient (Wildman–Crippen LogP) is 3.20. The van der Waals surface area contributed by atoms with Gasteiger partial charge in [-0.3, -0.25) is 4.90 Å². The van der Waals surface area contributed by atoms with Gasteiger partial charge in [0.2, 0.25) is 0 Å². The number of rotatable bonds is 8. The Kier molecular flexibility index (Phi) is 4.19. The summed E-state index contributed by atoms with van der Waals surface area (Å²) in [6.07, 6.45) is 6.83. The number of nitrogens with zero attached hydrogens (tertiary/aromatic N) is 1. The second-order valence-electron chi connectivity index (χ2n) is 6.34. The number of nitrogens with two attached hydrogens (primary N) is 1. The molecule has 0 aliphatic heterocycles. The van der Waals surface area contributed by atoms with Crippen LogP contribution in [0.25, 0.3) is 0 Å². The summed E-state index contributed by atoms with van der Waals surface area (Å²) in [7, 11) is 0. The van der Waals surface area contributed by atoms with Crippen molar-refractivity contribution in [2.75, 3.05) is 19.6 Å². The average molecular weight is 258 g/mol. The first-order valence-corrected chi connectivity index (χ1v) is 7.86.